The van der Waals surface area contributed by atoms with Crippen molar-refractivity contribution in [1.82, 2.24) is 4.90 Å². The van der Waals surface area contributed by atoms with Gasteiger partial charge in [0.25, 0.3) is 0 Å². The third kappa shape index (κ3) is 3.68. The number of carbonyl (C=O) groups excluding carboxylic acids is 2. The quantitative estimate of drug-likeness (QED) is 0.826. The van der Waals surface area contributed by atoms with Crippen molar-refractivity contribution in [3.8, 4) is 5.75 Å². The Kier molecular flexibility index (Phi) is 4.39. The van der Waals surface area contributed by atoms with Crippen LogP contribution in [-0.2, 0) is 9.59 Å². The first kappa shape index (κ1) is 13.8. The maximum Gasteiger partial charge on any atom is 0.229 e. The summed E-state index contributed by atoms with van der Waals surface area (Å²) in [5, 5.41) is 10.4. The van der Waals surface area contributed by atoms with E-state index in [9.17, 15) is 14.7 Å². The number of aliphatic hydroxyl groups excluding tert-OH is 1. The molecule has 1 heterocycles. The molecule has 1 N–H and O–H groups in total. The number of β-amino-alcohol motifs (C(OH)–C–C–N with tert-alkyl or cyclic N) is 1. The van der Waals surface area contributed by atoms with Gasteiger partial charge in [0.2, 0.25) is 11.8 Å². The lowest BCUT2D eigenvalue weighted by atomic mass is 10.3. The van der Waals surface area contributed by atoms with Crippen LogP contribution in [0.1, 0.15) is 12.8 Å². The number of hydrogen-bond acceptors (Lipinski definition) is 4. The van der Waals surface area contributed by atoms with Crippen molar-refractivity contribution in [2.24, 2.45) is 0 Å². The number of amides is 2. The number of halogens is 1. The van der Waals surface area contributed by atoms with Crippen LogP contribution in [0.3, 0.4) is 0 Å². The summed E-state index contributed by atoms with van der Waals surface area (Å²) in [6.45, 7) is -0.00997. The van der Waals surface area contributed by atoms with E-state index < -0.39 is 6.10 Å². The van der Waals surface area contributed by atoms with E-state index >= 15 is 0 Å². The van der Waals surface area contributed by atoms with Crippen LogP contribution in [0, 0.1) is 0 Å². The van der Waals surface area contributed by atoms with Crippen molar-refractivity contribution in [2.45, 2.75) is 18.9 Å². The summed E-state index contributed by atoms with van der Waals surface area (Å²) >= 11 is 5.73. The summed E-state index contributed by atoms with van der Waals surface area (Å²) < 4.78 is 5.35. The van der Waals surface area contributed by atoms with Crippen LogP contribution in [0.4, 0.5) is 0 Å². The standard InChI is InChI=1S/C13H14ClNO4/c14-9-1-3-11(4-2-9)19-8-10(16)7-15-12(17)5-6-13(15)18/h1-4,10,16H,5-8H2. The molecule has 1 aliphatic rings. The van der Waals surface area contributed by atoms with Crippen molar-refractivity contribution < 1.29 is 19.4 Å². The third-order valence-electron chi connectivity index (χ3n) is 2.80. The smallest absolute Gasteiger partial charge is 0.229 e. The van der Waals surface area contributed by atoms with Gasteiger partial charge >= 0.3 is 0 Å². The highest BCUT2D eigenvalue weighted by molar-refractivity contribution is 6.30. The molecule has 1 saturated heterocycles. The number of ether oxygens (including phenoxy) is 1. The van der Waals surface area contributed by atoms with Gasteiger partial charge < -0.3 is 9.84 Å². The number of rotatable bonds is 5. The number of carbonyl (C=O) groups is 2. The fourth-order valence-electron chi connectivity index (χ4n) is 1.81. The minimum atomic E-state index is -0.901. The number of benzene rings is 1. The molecular formula is C13H14ClNO4. The normalized spacial score (nSPS) is 16.8. The van der Waals surface area contributed by atoms with Gasteiger partial charge in [-0.25, -0.2) is 0 Å². The van der Waals surface area contributed by atoms with Crippen LogP contribution in [0.25, 0.3) is 0 Å². The van der Waals surface area contributed by atoms with Crippen LogP contribution in [0.15, 0.2) is 24.3 Å². The SMILES string of the molecule is O=C1CCC(=O)N1CC(O)COc1ccc(Cl)cc1. The Morgan fingerprint density at radius 3 is 2.37 bits per heavy atom. The third-order valence-corrected chi connectivity index (χ3v) is 3.06. The average molecular weight is 284 g/mol. The van der Waals surface area contributed by atoms with Gasteiger partial charge in [-0.15, -0.1) is 0 Å². The fraction of sp³-hybridized carbons (Fsp3) is 0.385. The summed E-state index contributed by atoms with van der Waals surface area (Å²) in [6.07, 6.45) is -0.450. The van der Waals surface area contributed by atoms with Crippen LogP contribution in [-0.4, -0.2) is 41.1 Å². The minimum Gasteiger partial charge on any atom is -0.491 e. The molecule has 1 aromatic carbocycles. The number of likely N-dealkylation sites (tertiary alicyclic amines) is 1. The largest absolute Gasteiger partial charge is 0.491 e. The highest BCUT2D eigenvalue weighted by Gasteiger charge is 2.30. The van der Waals surface area contributed by atoms with E-state index in [0.717, 1.165) is 4.90 Å². The zero-order chi connectivity index (χ0) is 13.8. The molecule has 2 rings (SSSR count). The molecule has 1 aliphatic heterocycles. The van der Waals surface area contributed by atoms with Crippen LogP contribution in [0.2, 0.25) is 5.02 Å². The van der Waals surface area contributed by atoms with Crippen LogP contribution >= 0.6 is 11.6 Å². The second-order valence-corrected chi connectivity index (χ2v) is 4.75. The Labute approximate surface area is 115 Å². The lowest BCUT2D eigenvalue weighted by Gasteiger charge is -2.18. The molecule has 5 nitrogen and oxygen atoms in total. The van der Waals surface area contributed by atoms with E-state index in [1.807, 2.05) is 0 Å². The van der Waals surface area contributed by atoms with Gasteiger partial charge in [0, 0.05) is 17.9 Å². The lowest BCUT2D eigenvalue weighted by molar-refractivity contribution is -0.140. The zero-order valence-corrected chi connectivity index (χ0v) is 11.0. The van der Waals surface area contributed by atoms with Crippen molar-refractivity contribution in [2.75, 3.05) is 13.2 Å². The zero-order valence-electron chi connectivity index (χ0n) is 10.2. The van der Waals surface area contributed by atoms with E-state index in [2.05, 4.69) is 0 Å². The molecule has 1 fully saturated rings. The minimum absolute atomic E-state index is 0.0126. The Morgan fingerprint density at radius 1 is 1.21 bits per heavy atom. The number of nitrogens with zero attached hydrogens (tertiary/aromatic N) is 1. The molecule has 0 aliphatic carbocycles. The summed E-state index contributed by atoms with van der Waals surface area (Å²) in [4.78, 5) is 23.8. The molecule has 2 amide bonds. The second-order valence-electron chi connectivity index (χ2n) is 4.32. The number of hydrogen-bond donors (Lipinski definition) is 1. The van der Waals surface area contributed by atoms with E-state index in [1.165, 1.54) is 0 Å². The molecule has 6 heteroatoms. The summed E-state index contributed by atoms with van der Waals surface area (Å²) in [6, 6.07) is 6.72. The van der Waals surface area contributed by atoms with E-state index in [1.54, 1.807) is 24.3 Å². The predicted octanol–water partition coefficient (Wildman–Crippen LogP) is 1.23. The maximum absolute atomic E-state index is 11.4. The van der Waals surface area contributed by atoms with E-state index in [4.69, 9.17) is 16.3 Å². The van der Waals surface area contributed by atoms with Gasteiger partial charge in [0.05, 0.1) is 6.54 Å². The first-order valence-electron chi connectivity index (χ1n) is 5.96. The number of aliphatic hydroxyl groups is 1. The first-order chi connectivity index (χ1) is 9.06. The van der Waals surface area contributed by atoms with Crippen molar-refractivity contribution in [3.05, 3.63) is 29.3 Å². The second kappa shape index (κ2) is 6.04. The maximum atomic E-state index is 11.4. The lowest BCUT2D eigenvalue weighted by Crippen LogP contribution is -2.38. The van der Waals surface area contributed by atoms with Gasteiger partial charge in [-0.3, -0.25) is 14.5 Å². The van der Waals surface area contributed by atoms with Gasteiger partial charge in [-0.2, -0.15) is 0 Å². The monoisotopic (exact) mass is 283 g/mol. The van der Waals surface area contributed by atoms with Gasteiger partial charge in [-0.1, -0.05) is 11.6 Å². The Bertz CT molecular complexity index is 458. The Hall–Kier alpha value is -1.59. The van der Waals surface area contributed by atoms with Crippen LogP contribution < -0.4 is 4.74 Å². The molecule has 0 radical (unpaired) electrons. The van der Waals surface area contributed by atoms with Gasteiger partial charge in [0.15, 0.2) is 0 Å². The average Bonchev–Trinajstić information content (AvgIpc) is 2.70. The molecule has 0 bridgehead atoms. The van der Waals surface area contributed by atoms with Crippen molar-refractivity contribution in [1.29, 1.82) is 0 Å². The number of imide groups is 1. The highest BCUT2D eigenvalue weighted by atomic mass is 35.5. The molecule has 0 saturated carbocycles. The van der Waals surface area contributed by atoms with Gasteiger partial charge in [-0.05, 0) is 24.3 Å². The fourth-order valence-corrected chi connectivity index (χ4v) is 1.94. The van der Waals surface area contributed by atoms with Crippen LogP contribution in [0.5, 0.6) is 5.75 Å². The predicted molar refractivity (Wildman–Crippen MR) is 68.9 cm³/mol. The summed E-state index contributed by atoms with van der Waals surface area (Å²) in [5.74, 6) is 0.0913. The Balaban J connectivity index is 1.81. The molecule has 1 aromatic rings. The molecule has 102 valence electrons. The van der Waals surface area contributed by atoms with E-state index in [0.29, 0.717) is 10.8 Å². The first-order valence-corrected chi connectivity index (χ1v) is 6.33. The highest BCUT2D eigenvalue weighted by Crippen LogP contribution is 2.16. The van der Waals surface area contributed by atoms with Crippen molar-refractivity contribution >= 4 is 23.4 Å². The topological polar surface area (TPSA) is 66.8 Å². The molecular weight excluding hydrogens is 270 g/mol. The molecule has 0 aromatic heterocycles. The summed E-state index contributed by atoms with van der Waals surface area (Å²) in [7, 11) is 0. The summed E-state index contributed by atoms with van der Waals surface area (Å²) in [5.41, 5.74) is 0. The molecule has 19 heavy (non-hydrogen) atoms. The molecule has 0 spiro atoms. The molecule has 1 atom stereocenters. The van der Waals surface area contributed by atoms with Crippen molar-refractivity contribution in [3.63, 3.8) is 0 Å². The van der Waals surface area contributed by atoms with E-state index in [-0.39, 0.29) is 37.8 Å². The molecule has 1 unspecified atom stereocenters. The Morgan fingerprint density at radius 2 is 1.79 bits per heavy atom. The van der Waals surface area contributed by atoms with Gasteiger partial charge in [0.1, 0.15) is 18.5 Å².